The van der Waals surface area contributed by atoms with E-state index < -0.39 is 0 Å². The molecule has 1 atom stereocenters. The minimum Gasteiger partial charge on any atom is -0.350 e. The summed E-state index contributed by atoms with van der Waals surface area (Å²) < 4.78 is 3.88. The molecule has 0 saturated carbocycles. The minimum atomic E-state index is -0.0474. The van der Waals surface area contributed by atoms with Gasteiger partial charge in [0.05, 0.1) is 5.69 Å². The van der Waals surface area contributed by atoms with Gasteiger partial charge in [-0.1, -0.05) is 60.5 Å². The summed E-state index contributed by atoms with van der Waals surface area (Å²) in [7, 11) is 0. The Hall–Kier alpha value is -0.490. The first kappa shape index (κ1) is 16.6. The second-order valence-electron chi connectivity index (χ2n) is 4.60. The van der Waals surface area contributed by atoms with Gasteiger partial charge >= 0.3 is 0 Å². The summed E-state index contributed by atoms with van der Waals surface area (Å²) in [5.74, 6) is 0.545. The highest BCUT2D eigenvalue weighted by atomic mass is 79.9. The van der Waals surface area contributed by atoms with E-state index in [4.69, 9.17) is 0 Å². The molecule has 0 fully saturated rings. The third kappa shape index (κ3) is 4.84. The van der Waals surface area contributed by atoms with Gasteiger partial charge in [-0.15, -0.1) is 5.10 Å². The molecule has 0 aliphatic heterocycles. The van der Waals surface area contributed by atoms with Gasteiger partial charge in [-0.05, 0) is 23.9 Å². The SMILES string of the molecule is CCCc1nnsc1C(=O)NCC(Br)C(CC)CC. The van der Waals surface area contributed by atoms with Crippen LogP contribution < -0.4 is 5.32 Å². The number of halogens is 1. The number of rotatable bonds is 8. The van der Waals surface area contributed by atoms with Crippen molar-refractivity contribution in [3.63, 3.8) is 0 Å². The average molecular weight is 348 g/mol. The molecule has 19 heavy (non-hydrogen) atoms. The van der Waals surface area contributed by atoms with Gasteiger partial charge in [0.25, 0.3) is 5.91 Å². The number of hydrogen-bond donors (Lipinski definition) is 1. The topological polar surface area (TPSA) is 54.9 Å². The maximum Gasteiger partial charge on any atom is 0.264 e. The fourth-order valence-corrected chi connectivity index (χ4v) is 3.55. The molecule has 0 aromatic carbocycles. The van der Waals surface area contributed by atoms with Crippen LogP contribution in [0, 0.1) is 5.92 Å². The van der Waals surface area contributed by atoms with Crippen LogP contribution in [0.2, 0.25) is 0 Å². The van der Waals surface area contributed by atoms with Crippen LogP contribution in [0.5, 0.6) is 0 Å². The molecule has 1 unspecified atom stereocenters. The van der Waals surface area contributed by atoms with Gasteiger partial charge in [0.1, 0.15) is 4.88 Å². The van der Waals surface area contributed by atoms with E-state index in [2.05, 4.69) is 51.6 Å². The van der Waals surface area contributed by atoms with Crippen molar-refractivity contribution in [3.8, 4) is 0 Å². The zero-order valence-corrected chi connectivity index (χ0v) is 14.2. The zero-order valence-electron chi connectivity index (χ0n) is 11.8. The number of amides is 1. The molecule has 0 saturated heterocycles. The van der Waals surface area contributed by atoms with E-state index in [1.165, 1.54) is 11.5 Å². The molecule has 0 bridgehead atoms. The lowest BCUT2D eigenvalue weighted by atomic mass is 9.99. The van der Waals surface area contributed by atoms with Crippen molar-refractivity contribution in [3.05, 3.63) is 10.6 Å². The van der Waals surface area contributed by atoms with Crippen LogP contribution in [0.15, 0.2) is 0 Å². The van der Waals surface area contributed by atoms with Crippen molar-refractivity contribution in [1.29, 1.82) is 0 Å². The maximum atomic E-state index is 12.1. The minimum absolute atomic E-state index is 0.0474. The monoisotopic (exact) mass is 347 g/mol. The number of alkyl halides is 1. The van der Waals surface area contributed by atoms with E-state index in [0.29, 0.717) is 22.2 Å². The van der Waals surface area contributed by atoms with E-state index in [9.17, 15) is 4.79 Å². The van der Waals surface area contributed by atoms with Crippen molar-refractivity contribution in [2.24, 2.45) is 5.92 Å². The number of aromatic nitrogens is 2. The molecule has 1 N–H and O–H groups in total. The Morgan fingerprint density at radius 1 is 1.37 bits per heavy atom. The number of nitrogens with zero attached hydrogens (tertiary/aromatic N) is 2. The fraction of sp³-hybridized carbons (Fsp3) is 0.769. The Balaban J connectivity index is 2.53. The highest BCUT2D eigenvalue weighted by Crippen LogP contribution is 2.20. The zero-order chi connectivity index (χ0) is 14.3. The van der Waals surface area contributed by atoms with Gasteiger partial charge in [0.2, 0.25) is 0 Å². The van der Waals surface area contributed by atoms with E-state index in [1.54, 1.807) is 0 Å². The summed E-state index contributed by atoms with van der Waals surface area (Å²) >= 11 is 4.84. The van der Waals surface area contributed by atoms with Gasteiger partial charge < -0.3 is 5.32 Å². The average Bonchev–Trinajstić information content (AvgIpc) is 2.86. The molecule has 1 aromatic rings. The molecule has 1 aromatic heterocycles. The number of hydrogen-bond acceptors (Lipinski definition) is 4. The molecule has 4 nitrogen and oxygen atoms in total. The van der Waals surface area contributed by atoms with E-state index in [-0.39, 0.29) is 5.91 Å². The first-order valence-electron chi connectivity index (χ1n) is 6.87. The van der Waals surface area contributed by atoms with Gasteiger partial charge in [-0.25, -0.2) is 0 Å². The number of aryl methyl sites for hydroxylation is 1. The number of carbonyl (C=O) groups is 1. The van der Waals surface area contributed by atoms with Crippen molar-refractivity contribution in [2.45, 2.75) is 51.3 Å². The van der Waals surface area contributed by atoms with Crippen molar-refractivity contribution >= 4 is 33.4 Å². The van der Waals surface area contributed by atoms with E-state index in [1.807, 2.05) is 0 Å². The molecule has 0 spiro atoms. The van der Waals surface area contributed by atoms with E-state index >= 15 is 0 Å². The lowest BCUT2D eigenvalue weighted by Gasteiger charge is -2.19. The molecule has 108 valence electrons. The summed E-state index contributed by atoms with van der Waals surface area (Å²) in [4.78, 5) is 13.1. The van der Waals surface area contributed by atoms with Crippen LogP contribution >= 0.6 is 27.5 Å². The van der Waals surface area contributed by atoms with Crippen molar-refractivity contribution < 1.29 is 4.79 Å². The summed E-state index contributed by atoms with van der Waals surface area (Å²) in [6.45, 7) is 7.07. The van der Waals surface area contributed by atoms with Gasteiger partial charge in [-0.2, -0.15) is 0 Å². The van der Waals surface area contributed by atoms with Crippen LogP contribution in [-0.2, 0) is 6.42 Å². The summed E-state index contributed by atoms with van der Waals surface area (Å²) in [6.07, 6.45) is 4.01. The predicted molar refractivity (Wildman–Crippen MR) is 83.0 cm³/mol. The first-order chi connectivity index (χ1) is 9.13. The Morgan fingerprint density at radius 2 is 2.05 bits per heavy atom. The smallest absolute Gasteiger partial charge is 0.264 e. The summed E-state index contributed by atoms with van der Waals surface area (Å²) in [6, 6.07) is 0. The van der Waals surface area contributed by atoms with Crippen LogP contribution in [0.3, 0.4) is 0 Å². The lowest BCUT2D eigenvalue weighted by molar-refractivity contribution is 0.0955. The molecule has 1 rings (SSSR count). The molecule has 0 aliphatic carbocycles. The maximum absolute atomic E-state index is 12.1. The Labute approximate surface area is 127 Å². The van der Waals surface area contributed by atoms with Crippen LogP contribution in [0.25, 0.3) is 0 Å². The first-order valence-corrected chi connectivity index (χ1v) is 8.56. The second kappa shape index (κ2) is 8.64. The third-order valence-electron chi connectivity index (χ3n) is 3.27. The van der Waals surface area contributed by atoms with Crippen molar-refractivity contribution in [1.82, 2.24) is 14.9 Å². The molecular weight excluding hydrogens is 326 g/mol. The Morgan fingerprint density at radius 3 is 2.63 bits per heavy atom. The largest absolute Gasteiger partial charge is 0.350 e. The summed E-state index contributed by atoms with van der Waals surface area (Å²) in [5.41, 5.74) is 0.818. The Bertz CT molecular complexity index is 393. The van der Waals surface area contributed by atoms with Gasteiger partial charge in [0, 0.05) is 11.4 Å². The third-order valence-corrected chi connectivity index (χ3v) is 5.10. The highest BCUT2D eigenvalue weighted by molar-refractivity contribution is 9.09. The van der Waals surface area contributed by atoms with Crippen LogP contribution in [0.1, 0.15) is 55.4 Å². The van der Waals surface area contributed by atoms with Crippen molar-refractivity contribution in [2.75, 3.05) is 6.54 Å². The molecule has 6 heteroatoms. The predicted octanol–water partition coefficient (Wildman–Crippen LogP) is 3.42. The van der Waals surface area contributed by atoms with Gasteiger partial charge in [0.15, 0.2) is 0 Å². The fourth-order valence-electron chi connectivity index (χ4n) is 2.02. The molecule has 0 aliphatic rings. The lowest BCUT2D eigenvalue weighted by Crippen LogP contribution is -2.33. The van der Waals surface area contributed by atoms with Gasteiger partial charge in [-0.3, -0.25) is 4.79 Å². The van der Waals surface area contributed by atoms with Crippen LogP contribution in [-0.4, -0.2) is 26.9 Å². The summed E-state index contributed by atoms with van der Waals surface area (Å²) in [5, 5.41) is 6.99. The molecule has 1 heterocycles. The molecular formula is C13H22BrN3OS. The number of carbonyl (C=O) groups excluding carboxylic acids is 1. The Kier molecular flexibility index (Phi) is 7.53. The molecule has 0 radical (unpaired) electrons. The number of nitrogens with one attached hydrogen (secondary N) is 1. The highest BCUT2D eigenvalue weighted by Gasteiger charge is 2.19. The van der Waals surface area contributed by atoms with E-state index in [0.717, 1.165) is 31.4 Å². The standard InChI is InChI=1S/C13H22BrN3OS/c1-4-7-11-12(19-17-16-11)13(18)15-8-10(14)9(5-2)6-3/h9-10H,4-8H2,1-3H3,(H,15,18). The second-order valence-corrected chi connectivity index (χ2v) is 6.53. The normalized spacial score (nSPS) is 12.7. The van der Waals surface area contributed by atoms with Crippen LogP contribution in [0.4, 0.5) is 0 Å². The molecule has 1 amide bonds. The quantitative estimate of drug-likeness (QED) is 0.733.